The van der Waals surface area contributed by atoms with Crippen LogP contribution < -0.4 is 5.32 Å². The molecular formula is C18H29NO. The van der Waals surface area contributed by atoms with Gasteiger partial charge in [-0.25, -0.2) is 0 Å². The van der Waals surface area contributed by atoms with Crippen LogP contribution in [0, 0.1) is 5.92 Å². The van der Waals surface area contributed by atoms with E-state index in [0.717, 1.165) is 19.1 Å². The molecule has 0 bridgehead atoms. The Labute approximate surface area is 123 Å². The third-order valence-corrected chi connectivity index (χ3v) is 4.43. The molecule has 20 heavy (non-hydrogen) atoms. The quantitative estimate of drug-likeness (QED) is 0.843. The molecule has 0 aliphatic heterocycles. The van der Waals surface area contributed by atoms with Gasteiger partial charge in [0.2, 0.25) is 0 Å². The van der Waals surface area contributed by atoms with Gasteiger partial charge in [0, 0.05) is 6.54 Å². The first-order valence-corrected chi connectivity index (χ1v) is 8.04. The Morgan fingerprint density at radius 3 is 2.65 bits per heavy atom. The van der Waals surface area contributed by atoms with E-state index < -0.39 is 0 Å². The van der Waals surface area contributed by atoms with E-state index in [-0.39, 0.29) is 0 Å². The summed E-state index contributed by atoms with van der Waals surface area (Å²) >= 11 is 0. The lowest BCUT2D eigenvalue weighted by Gasteiger charge is -2.26. The van der Waals surface area contributed by atoms with Crippen molar-refractivity contribution in [2.45, 2.75) is 58.2 Å². The van der Waals surface area contributed by atoms with Crippen LogP contribution in [0.3, 0.4) is 0 Å². The number of benzene rings is 1. The zero-order valence-electron chi connectivity index (χ0n) is 13.2. The lowest BCUT2D eigenvalue weighted by atomic mass is 9.89. The molecule has 1 aliphatic rings. The summed E-state index contributed by atoms with van der Waals surface area (Å²) in [6, 6.07) is 8.91. The fourth-order valence-corrected chi connectivity index (χ4v) is 3.11. The van der Waals surface area contributed by atoms with Crippen molar-refractivity contribution >= 4 is 0 Å². The number of ether oxygens (including phenoxy) is 1. The van der Waals surface area contributed by atoms with Gasteiger partial charge in [-0.15, -0.1) is 0 Å². The van der Waals surface area contributed by atoms with E-state index in [1.165, 1.54) is 36.8 Å². The number of likely N-dealkylation sites (N-methyl/N-ethyl adjacent to an activating group) is 1. The van der Waals surface area contributed by atoms with Crippen molar-refractivity contribution in [3.05, 3.63) is 35.4 Å². The van der Waals surface area contributed by atoms with Gasteiger partial charge in [0.1, 0.15) is 0 Å². The van der Waals surface area contributed by atoms with Crippen LogP contribution in [0.25, 0.3) is 0 Å². The summed E-state index contributed by atoms with van der Waals surface area (Å²) in [6.45, 7) is 6.38. The zero-order chi connectivity index (χ0) is 14.4. The van der Waals surface area contributed by atoms with Crippen LogP contribution in [-0.4, -0.2) is 19.7 Å². The van der Waals surface area contributed by atoms with Crippen LogP contribution in [0.2, 0.25) is 0 Å². The minimum atomic E-state index is 0.474. The Morgan fingerprint density at radius 1 is 1.25 bits per heavy atom. The van der Waals surface area contributed by atoms with Gasteiger partial charge in [0.15, 0.2) is 0 Å². The molecule has 0 heterocycles. The first kappa shape index (κ1) is 15.5. The van der Waals surface area contributed by atoms with Crippen molar-refractivity contribution in [1.29, 1.82) is 0 Å². The molecule has 0 saturated heterocycles. The summed E-state index contributed by atoms with van der Waals surface area (Å²) in [5.74, 6) is 1.40. The average molecular weight is 275 g/mol. The van der Waals surface area contributed by atoms with Gasteiger partial charge in [-0.1, -0.05) is 51.0 Å². The minimum Gasteiger partial charge on any atom is -0.374 e. The molecule has 1 fully saturated rings. The Morgan fingerprint density at radius 2 is 2.00 bits per heavy atom. The second kappa shape index (κ2) is 7.80. The third kappa shape index (κ3) is 4.60. The van der Waals surface area contributed by atoms with Gasteiger partial charge in [-0.05, 0) is 42.9 Å². The first-order chi connectivity index (χ1) is 9.69. The van der Waals surface area contributed by atoms with E-state index in [9.17, 15) is 0 Å². The smallest absolute Gasteiger partial charge is 0.0720 e. The van der Waals surface area contributed by atoms with Crippen molar-refractivity contribution in [3.8, 4) is 0 Å². The standard InChI is InChI=1S/C18H29NO/c1-14-5-4-6-18(11-14)20-13-16-7-9-17(10-8-16)15(2)12-19-3/h7-10,14-15,18-19H,4-6,11-13H2,1-3H3. The minimum absolute atomic E-state index is 0.474. The van der Waals surface area contributed by atoms with Crippen LogP contribution in [0.1, 0.15) is 56.6 Å². The van der Waals surface area contributed by atoms with E-state index in [4.69, 9.17) is 4.74 Å². The molecule has 112 valence electrons. The highest BCUT2D eigenvalue weighted by molar-refractivity contribution is 5.24. The molecule has 3 unspecified atom stereocenters. The Hall–Kier alpha value is -0.860. The van der Waals surface area contributed by atoms with E-state index in [2.05, 4.69) is 43.4 Å². The lowest BCUT2D eigenvalue weighted by Crippen LogP contribution is -2.21. The molecule has 1 saturated carbocycles. The average Bonchev–Trinajstić information content (AvgIpc) is 2.46. The third-order valence-electron chi connectivity index (χ3n) is 4.43. The molecule has 0 radical (unpaired) electrons. The largest absolute Gasteiger partial charge is 0.374 e. The molecule has 0 amide bonds. The highest BCUT2D eigenvalue weighted by Crippen LogP contribution is 2.26. The predicted octanol–water partition coefficient (Wildman–Crippen LogP) is 4.10. The van der Waals surface area contributed by atoms with Crippen molar-refractivity contribution in [2.75, 3.05) is 13.6 Å². The summed E-state index contributed by atoms with van der Waals surface area (Å²) in [4.78, 5) is 0. The van der Waals surface area contributed by atoms with E-state index >= 15 is 0 Å². The van der Waals surface area contributed by atoms with Gasteiger partial charge in [-0.2, -0.15) is 0 Å². The maximum absolute atomic E-state index is 6.07. The van der Waals surface area contributed by atoms with Gasteiger partial charge in [0.05, 0.1) is 12.7 Å². The zero-order valence-corrected chi connectivity index (χ0v) is 13.2. The van der Waals surface area contributed by atoms with Crippen LogP contribution >= 0.6 is 0 Å². The predicted molar refractivity (Wildman–Crippen MR) is 85.0 cm³/mol. The molecule has 1 aliphatic carbocycles. The van der Waals surface area contributed by atoms with E-state index in [0.29, 0.717) is 12.0 Å². The highest BCUT2D eigenvalue weighted by atomic mass is 16.5. The molecular weight excluding hydrogens is 246 g/mol. The second-order valence-electron chi connectivity index (χ2n) is 6.41. The molecule has 0 aromatic heterocycles. The second-order valence-corrected chi connectivity index (χ2v) is 6.41. The fraction of sp³-hybridized carbons (Fsp3) is 0.667. The molecule has 0 spiro atoms. The topological polar surface area (TPSA) is 21.3 Å². The van der Waals surface area contributed by atoms with E-state index in [1.54, 1.807) is 0 Å². The van der Waals surface area contributed by atoms with Gasteiger partial charge >= 0.3 is 0 Å². The fourth-order valence-electron chi connectivity index (χ4n) is 3.11. The molecule has 1 aromatic carbocycles. The van der Waals surface area contributed by atoms with Crippen LogP contribution in [0.5, 0.6) is 0 Å². The molecule has 2 rings (SSSR count). The number of hydrogen-bond donors (Lipinski definition) is 1. The number of rotatable bonds is 6. The maximum Gasteiger partial charge on any atom is 0.0720 e. The molecule has 1 N–H and O–H groups in total. The van der Waals surface area contributed by atoms with Crippen LogP contribution in [-0.2, 0) is 11.3 Å². The summed E-state index contributed by atoms with van der Waals surface area (Å²) < 4.78 is 6.07. The SMILES string of the molecule is CNCC(C)c1ccc(COC2CCCC(C)C2)cc1. The molecule has 1 aromatic rings. The lowest BCUT2D eigenvalue weighted by molar-refractivity contribution is 0.00466. The Bertz CT molecular complexity index is 387. The van der Waals surface area contributed by atoms with Crippen molar-refractivity contribution in [2.24, 2.45) is 5.92 Å². The van der Waals surface area contributed by atoms with Crippen molar-refractivity contribution in [3.63, 3.8) is 0 Å². The Kier molecular flexibility index (Phi) is 6.06. The summed E-state index contributed by atoms with van der Waals surface area (Å²) in [5.41, 5.74) is 2.69. The molecule has 2 nitrogen and oxygen atoms in total. The summed E-state index contributed by atoms with van der Waals surface area (Å²) in [7, 11) is 2.00. The van der Waals surface area contributed by atoms with Crippen LogP contribution in [0.15, 0.2) is 24.3 Å². The normalized spacial score (nSPS) is 24.6. The van der Waals surface area contributed by atoms with Gasteiger partial charge in [0.25, 0.3) is 0 Å². The summed E-state index contributed by atoms with van der Waals surface area (Å²) in [5, 5.41) is 3.23. The number of hydrogen-bond acceptors (Lipinski definition) is 2. The molecule has 2 heteroatoms. The maximum atomic E-state index is 6.07. The van der Waals surface area contributed by atoms with E-state index in [1.807, 2.05) is 7.05 Å². The van der Waals surface area contributed by atoms with Gasteiger partial charge < -0.3 is 10.1 Å². The van der Waals surface area contributed by atoms with Gasteiger partial charge in [-0.3, -0.25) is 0 Å². The van der Waals surface area contributed by atoms with Crippen molar-refractivity contribution < 1.29 is 4.74 Å². The Balaban J connectivity index is 1.81. The number of nitrogens with one attached hydrogen (secondary N) is 1. The highest BCUT2D eigenvalue weighted by Gasteiger charge is 2.19. The van der Waals surface area contributed by atoms with Crippen LogP contribution in [0.4, 0.5) is 0 Å². The molecule has 3 atom stereocenters. The monoisotopic (exact) mass is 275 g/mol. The van der Waals surface area contributed by atoms with Crippen molar-refractivity contribution in [1.82, 2.24) is 5.32 Å². The summed E-state index contributed by atoms with van der Waals surface area (Å²) in [6.07, 6.45) is 5.64. The first-order valence-electron chi connectivity index (χ1n) is 8.04.